The van der Waals surface area contributed by atoms with Crippen molar-refractivity contribution in [2.75, 3.05) is 0 Å². The lowest BCUT2D eigenvalue weighted by Gasteiger charge is -2.06. The molecule has 2 heterocycles. The molecule has 0 saturated heterocycles. The highest BCUT2D eigenvalue weighted by molar-refractivity contribution is 6.11. The molecular formula is C29H21FNO+. The van der Waals surface area contributed by atoms with E-state index >= 15 is 4.39 Å². The Labute approximate surface area is 185 Å². The molecular weight excluding hydrogens is 397 g/mol. The Hall–Kier alpha value is -3.98. The molecule has 2 aromatic heterocycles. The van der Waals surface area contributed by atoms with Gasteiger partial charge in [0.05, 0.1) is 5.56 Å². The van der Waals surface area contributed by atoms with Gasteiger partial charge in [0.15, 0.2) is 17.6 Å². The summed E-state index contributed by atoms with van der Waals surface area (Å²) in [5.41, 5.74) is 5.97. The lowest BCUT2D eigenvalue weighted by molar-refractivity contribution is -0.660. The summed E-state index contributed by atoms with van der Waals surface area (Å²) in [7, 11) is 2.01. The first-order valence-corrected chi connectivity index (χ1v) is 10.7. The maximum Gasteiger partial charge on any atom is 0.216 e. The van der Waals surface area contributed by atoms with Crippen molar-refractivity contribution in [3.8, 4) is 22.4 Å². The molecule has 6 aromatic rings. The number of hydrogen-bond acceptors (Lipinski definition) is 1. The van der Waals surface area contributed by atoms with Crippen molar-refractivity contribution in [3.63, 3.8) is 0 Å². The predicted molar refractivity (Wildman–Crippen MR) is 128 cm³/mol. The van der Waals surface area contributed by atoms with E-state index in [1.807, 2.05) is 55.7 Å². The van der Waals surface area contributed by atoms with E-state index in [1.165, 1.54) is 5.39 Å². The normalized spacial score (nSPS) is 11.6. The van der Waals surface area contributed by atoms with E-state index in [1.54, 1.807) is 6.07 Å². The molecule has 0 aliphatic heterocycles. The first-order valence-electron chi connectivity index (χ1n) is 10.7. The van der Waals surface area contributed by atoms with Gasteiger partial charge in [-0.2, -0.15) is 0 Å². The predicted octanol–water partition coefficient (Wildman–Crippen LogP) is 7.35. The highest BCUT2D eigenvalue weighted by Gasteiger charge is 2.22. The van der Waals surface area contributed by atoms with Crippen LogP contribution in [0.1, 0.15) is 5.56 Å². The molecule has 0 unspecified atom stereocenters. The summed E-state index contributed by atoms with van der Waals surface area (Å²) in [4.78, 5) is 0. The van der Waals surface area contributed by atoms with Crippen molar-refractivity contribution in [1.82, 2.24) is 0 Å². The van der Waals surface area contributed by atoms with E-state index in [0.29, 0.717) is 5.58 Å². The molecule has 0 aliphatic rings. The standard InChI is InChI=1S/C29H21FNO/c1-18-10-13-23-24-16-22(21-12-11-19-7-3-4-8-20(19)15-21)17-25(30)28(24)32-29(23)27(18)26-9-5-6-14-31(26)2/h3-17H,1-2H3/q+1. The van der Waals surface area contributed by atoms with E-state index in [9.17, 15) is 0 Å². The van der Waals surface area contributed by atoms with Crippen molar-refractivity contribution in [2.24, 2.45) is 7.05 Å². The lowest BCUT2D eigenvalue weighted by atomic mass is 9.97. The van der Waals surface area contributed by atoms with E-state index in [4.69, 9.17) is 4.42 Å². The average Bonchev–Trinajstić information content (AvgIpc) is 3.18. The van der Waals surface area contributed by atoms with Gasteiger partial charge in [-0.05, 0) is 58.7 Å². The molecule has 0 atom stereocenters. The van der Waals surface area contributed by atoms with Gasteiger partial charge in [-0.15, -0.1) is 0 Å². The molecule has 0 fully saturated rings. The van der Waals surface area contributed by atoms with Crippen LogP contribution in [-0.4, -0.2) is 0 Å². The molecule has 0 saturated carbocycles. The van der Waals surface area contributed by atoms with Crippen LogP contribution < -0.4 is 4.57 Å². The summed E-state index contributed by atoms with van der Waals surface area (Å²) in [6.07, 6.45) is 2.01. The third kappa shape index (κ3) is 2.82. The van der Waals surface area contributed by atoms with Crippen LogP contribution in [0.4, 0.5) is 4.39 Å². The summed E-state index contributed by atoms with van der Waals surface area (Å²) in [5.74, 6) is -0.345. The molecule has 0 radical (unpaired) electrons. The van der Waals surface area contributed by atoms with Gasteiger partial charge in [-0.25, -0.2) is 8.96 Å². The van der Waals surface area contributed by atoms with Crippen LogP contribution in [0.25, 0.3) is 55.1 Å². The van der Waals surface area contributed by atoms with Crippen LogP contribution in [0.5, 0.6) is 0 Å². The molecule has 2 nitrogen and oxygen atoms in total. The van der Waals surface area contributed by atoms with E-state index in [0.717, 1.165) is 49.7 Å². The van der Waals surface area contributed by atoms with Crippen LogP contribution in [0.3, 0.4) is 0 Å². The molecule has 0 spiro atoms. The Balaban J connectivity index is 1.63. The second kappa shape index (κ2) is 7.03. The fraction of sp³-hybridized carbons (Fsp3) is 0.0690. The zero-order chi connectivity index (χ0) is 21.8. The van der Waals surface area contributed by atoms with Gasteiger partial charge in [0.25, 0.3) is 0 Å². The average molecular weight is 418 g/mol. The smallest absolute Gasteiger partial charge is 0.216 e. The topological polar surface area (TPSA) is 17.0 Å². The van der Waals surface area contributed by atoms with Crippen LogP contribution in [-0.2, 0) is 7.05 Å². The Morgan fingerprint density at radius 3 is 2.38 bits per heavy atom. The zero-order valence-corrected chi connectivity index (χ0v) is 17.9. The van der Waals surface area contributed by atoms with Crippen LogP contribution >= 0.6 is 0 Å². The highest BCUT2D eigenvalue weighted by Crippen LogP contribution is 2.39. The Morgan fingerprint density at radius 1 is 0.719 bits per heavy atom. The van der Waals surface area contributed by atoms with Gasteiger partial charge >= 0.3 is 0 Å². The molecule has 0 bridgehead atoms. The first-order chi connectivity index (χ1) is 15.6. The second-order valence-corrected chi connectivity index (χ2v) is 8.33. The quantitative estimate of drug-likeness (QED) is 0.269. The summed E-state index contributed by atoms with van der Waals surface area (Å²) < 4.78 is 23.5. The monoisotopic (exact) mass is 418 g/mol. The fourth-order valence-corrected chi connectivity index (χ4v) is 4.64. The molecule has 0 N–H and O–H groups in total. The van der Waals surface area contributed by atoms with Crippen molar-refractivity contribution in [2.45, 2.75) is 6.92 Å². The SMILES string of the molecule is Cc1ccc2c(oc3c(F)cc(-c4ccc5ccccc5c4)cc32)c1-c1cccc[n+]1C. The summed E-state index contributed by atoms with van der Waals surface area (Å²) in [6.45, 7) is 2.06. The number of pyridine rings is 1. The van der Waals surface area contributed by atoms with Crippen molar-refractivity contribution >= 4 is 32.7 Å². The van der Waals surface area contributed by atoms with E-state index in [-0.39, 0.29) is 5.82 Å². The van der Waals surface area contributed by atoms with Gasteiger partial charge in [0, 0.05) is 22.9 Å². The van der Waals surface area contributed by atoms with Crippen LogP contribution in [0.15, 0.2) is 95.5 Å². The molecule has 154 valence electrons. The number of furan rings is 1. The van der Waals surface area contributed by atoms with Crippen molar-refractivity contribution in [3.05, 3.63) is 103 Å². The molecule has 4 aromatic carbocycles. The number of fused-ring (bicyclic) bond motifs is 4. The second-order valence-electron chi connectivity index (χ2n) is 8.33. The first kappa shape index (κ1) is 18.8. The number of halogens is 1. The number of rotatable bonds is 2. The zero-order valence-electron chi connectivity index (χ0n) is 17.9. The van der Waals surface area contributed by atoms with Gasteiger partial charge in [0.2, 0.25) is 5.69 Å². The highest BCUT2D eigenvalue weighted by atomic mass is 19.1. The third-order valence-corrected chi connectivity index (χ3v) is 6.30. The lowest BCUT2D eigenvalue weighted by Crippen LogP contribution is -2.30. The Kier molecular flexibility index (Phi) is 4.12. The number of aromatic nitrogens is 1. The maximum absolute atomic E-state index is 15.3. The fourth-order valence-electron chi connectivity index (χ4n) is 4.64. The summed E-state index contributed by atoms with van der Waals surface area (Å²) in [5, 5.41) is 4.02. The van der Waals surface area contributed by atoms with Gasteiger partial charge in [-0.1, -0.05) is 48.5 Å². The molecule has 0 amide bonds. The maximum atomic E-state index is 15.3. The van der Waals surface area contributed by atoms with Gasteiger partial charge < -0.3 is 4.42 Å². The summed E-state index contributed by atoms with van der Waals surface area (Å²) in [6, 6.07) is 28.2. The minimum absolute atomic E-state index is 0.301. The molecule has 0 aliphatic carbocycles. The number of nitrogens with zero attached hydrogens (tertiary/aromatic N) is 1. The van der Waals surface area contributed by atoms with Crippen molar-refractivity contribution < 1.29 is 13.4 Å². The van der Waals surface area contributed by atoms with E-state index < -0.39 is 0 Å². The van der Waals surface area contributed by atoms with E-state index in [2.05, 4.69) is 47.9 Å². The molecule has 6 rings (SSSR count). The number of aryl methyl sites for hydroxylation is 2. The molecule has 32 heavy (non-hydrogen) atoms. The van der Waals surface area contributed by atoms with Gasteiger partial charge in [0.1, 0.15) is 12.6 Å². The number of hydrogen-bond donors (Lipinski definition) is 0. The Morgan fingerprint density at radius 2 is 1.53 bits per heavy atom. The van der Waals surface area contributed by atoms with Crippen molar-refractivity contribution in [1.29, 1.82) is 0 Å². The Bertz CT molecular complexity index is 1660. The largest absolute Gasteiger partial charge is 0.452 e. The number of benzene rings is 4. The third-order valence-electron chi connectivity index (χ3n) is 6.30. The van der Waals surface area contributed by atoms with Crippen LogP contribution in [0, 0.1) is 12.7 Å². The minimum atomic E-state index is -0.345. The summed E-state index contributed by atoms with van der Waals surface area (Å²) >= 11 is 0. The van der Waals surface area contributed by atoms with Gasteiger partial charge in [-0.3, -0.25) is 0 Å². The van der Waals surface area contributed by atoms with Crippen LogP contribution in [0.2, 0.25) is 0 Å². The minimum Gasteiger partial charge on any atom is -0.452 e. The molecule has 3 heteroatoms.